The van der Waals surface area contributed by atoms with E-state index in [2.05, 4.69) is 34.5 Å². The summed E-state index contributed by atoms with van der Waals surface area (Å²) in [6.45, 7) is 3.65. The van der Waals surface area contributed by atoms with Crippen molar-refractivity contribution < 1.29 is 0 Å². The van der Waals surface area contributed by atoms with Crippen molar-refractivity contribution in [3.8, 4) is 0 Å². The molecule has 0 bridgehead atoms. The molecule has 0 radical (unpaired) electrons. The standard InChI is InChI=1S/C19H28N2/c1-2-7-15(6-1)19-10-5-11-21(19)14-18-12-16-8-3-4-9-17(16)13-20-18/h3-4,8-9,15,18-20H,1-2,5-7,10-14H2. The van der Waals surface area contributed by atoms with E-state index < -0.39 is 0 Å². The molecule has 2 fully saturated rings. The highest BCUT2D eigenvalue weighted by Crippen LogP contribution is 2.35. The zero-order valence-corrected chi connectivity index (χ0v) is 13.1. The Morgan fingerprint density at radius 2 is 1.81 bits per heavy atom. The highest BCUT2D eigenvalue weighted by atomic mass is 15.2. The summed E-state index contributed by atoms with van der Waals surface area (Å²) in [4.78, 5) is 2.82. The van der Waals surface area contributed by atoms with E-state index >= 15 is 0 Å². The maximum absolute atomic E-state index is 3.77. The van der Waals surface area contributed by atoms with Crippen molar-refractivity contribution in [2.24, 2.45) is 5.92 Å². The molecule has 2 heteroatoms. The Bertz CT molecular complexity index is 478. The van der Waals surface area contributed by atoms with Gasteiger partial charge in [0, 0.05) is 25.2 Å². The van der Waals surface area contributed by atoms with Gasteiger partial charge in [-0.3, -0.25) is 4.90 Å². The highest BCUT2D eigenvalue weighted by molar-refractivity contribution is 5.30. The lowest BCUT2D eigenvalue weighted by Gasteiger charge is -2.35. The number of nitrogens with zero attached hydrogens (tertiary/aromatic N) is 1. The van der Waals surface area contributed by atoms with Gasteiger partial charge in [-0.25, -0.2) is 0 Å². The van der Waals surface area contributed by atoms with Crippen molar-refractivity contribution in [3.63, 3.8) is 0 Å². The van der Waals surface area contributed by atoms with E-state index in [1.54, 1.807) is 5.56 Å². The van der Waals surface area contributed by atoms with Gasteiger partial charge in [-0.15, -0.1) is 0 Å². The molecule has 0 aromatic heterocycles. The number of hydrogen-bond acceptors (Lipinski definition) is 2. The van der Waals surface area contributed by atoms with Gasteiger partial charge in [0.15, 0.2) is 0 Å². The van der Waals surface area contributed by atoms with E-state index in [4.69, 9.17) is 0 Å². The van der Waals surface area contributed by atoms with Crippen molar-refractivity contribution in [1.29, 1.82) is 0 Å². The van der Waals surface area contributed by atoms with Crippen LogP contribution in [0.25, 0.3) is 0 Å². The number of rotatable bonds is 3. The number of nitrogens with one attached hydrogen (secondary N) is 1. The van der Waals surface area contributed by atoms with E-state index in [1.807, 2.05) is 0 Å². The molecule has 2 nitrogen and oxygen atoms in total. The van der Waals surface area contributed by atoms with Crippen LogP contribution in [0, 0.1) is 5.92 Å². The lowest BCUT2D eigenvalue weighted by atomic mass is 9.93. The topological polar surface area (TPSA) is 15.3 Å². The van der Waals surface area contributed by atoms with Gasteiger partial charge < -0.3 is 5.32 Å². The second-order valence-corrected chi connectivity index (χ2v) is 7.30. The van der Waals surface area contributed by atoms with Gasteiger partial charge in [0.25, 0.3) is 0 Å². The Labute approximate surface area is 128 Å². The highest BCUT2D eigenvalue weighted by Gasteiger charge is 2.34. The fraction of sp³-hybridized carbons (Fsp3) is 0.684. The molecule has 2 unspecified atom stereocenters. The van der Waals surface area contributed by atoms with Crippen molar-refractivity contribution in [1.82, 2.24) is 10.2 Å². The largest absolute Gasteiger partial charge is 0.308 e. The van der Waals surface area contributed by atoms with Gasteiger partial charge in [-0.2, -0.15) is 0 Å². The van der Waals surface area contributed by atoms with Crippen LogP contribution < -0.4 is 5.32 Å². The Kier molecular flexibility index (Phi) is 4.00. The van der Waals surface area contributed by atoms with E-state index in [1.165, 1.54) is 63.6 Å². The predicted molar refractivity (Wildman–Crippen MR) is 87.3 cm³/mol. The van der Waals surface area contributed by atoms with Crippen LogP contribution in [0.1, 0.15) is 49.7 Å². The predicted octanol–water partition coefficient (Wildman–Crippen LogP) is 3.36. The fourth-order valence-corrected chi connectivity index (χ4v) is 4.89. The first kappa shape index (κ1) is 13.8. The van der Waals surface area contributed by atoms with E-state index in [9.17, 15) is 0 Å². The lowest BCUT2D eigenvalue weighted by molar-refractivity contribution is 0.170. The first-order chi connectivity index (χ1) is 10.4. The summed E-state index contributed by atoms with van der Waals surface area (Å²) in [5.41, 5.74) is 3.07. The van der Waals surface area contributed by atoms with Crippen LogP contribution in [0.2, 0.25) is 0 Å². The molecule has 2 atom stereocenters. The summed E-state index contributed by atoms with van der Waals surface area (Å²) in [6, 6.07) is 10.5. The SMILES string of the molecule is c1ccc2c(c1)CNC(CN1CCCC1C1CCCC1)C2. The Morgan fingerprint density at radius 3 is 2.67 bits per heavy atom. The summed E-state index contributed by atoms with van der Waals surface area (Å²) in [5.74, 6) is 1.00. The Hall–Kier alpha value is -0.860. The molecule has 21 heavy (non-hydrogen) atoms. The van der Waals surface area contributed by atoms with Gasteiger partial charge >= 0.3 is 0 Å². The molecule has 0 spiro atoms. The summed E-state index contributed by atoms with van der Waals surface area (Å²) in [6.07, 6.45) is 10.0. The zero-order valence-electron chi connectivity index (χ0n) is 13.1. The van der Waals surface area contributed by atoms with Crippen molar-refractivity contribution in [2.45, 2.75) is 63.6 Å². The third kappa shape index (κ3) is 2.89. The summed E-state index contributed by atoms with van der Waals surface area (Å²) in [5, 5.41) is 3.77. The van der Waals surface area contributed by atoms with Crippen molar-refractivity contribution >= 4 is 0 Å². The molecule has 2 aliphatic heterocycles. The van der Waals surface area contributed by atoms with Crippen LogP contribution in [0.15, 0.2) is 24.3 Å². The number of hydrogen-bond donors (Lipinski definition) is 1. The van der Waals surface area contributed by atoms with Gasteiger partial charge in [0.05, 0.1) is 0 Å². The monoisotopic (exact) mass is 284 g/mol. The Balaban J connectivity index is 1.39. The van der Waals surface area contributed by atoms with Crippen LogP contribution in [0.4, 0.5) is 0 Å². The van der Waals surface area contributed by atoms with Crippen LogP contribution in [0.3, 0.4) is 0 Å². The van der Waals surface area contributed by atoms with E-state index in [0.29, 0.717) is 6.04 Å². The molecule has 1 saturated carbocycles. The molecule has 114 valence electrons. The minimum absolute atomic E-state index is 0.655. The molecule has 1 aromatic carbocycles. The quantitative estimate of drug-likeness (QED) is 0.915. The van der Waals surface area contributed by atoms with Gasteiger partial charge in [0.1, 0.15) is 0 Å². The molecule has 4 rings (SSSR count). The third-order valence-corrected chi connectivity index (χ3v) is 5.98. The maximum Gasteiger partial charge on any atom is 0.0238 e. The summed E-state index contributed by atoms with van der Waals surface area (Å²) >= 11 is 0. The molecule has 1 aliphatic carbocycles. The van der Waals surface area contributed by atoms with Gasteiger partial charge in [0.2, 0.25) is 0 Å². The first-order valence-corrected chi connectivity index (χ1v) is 8.94. The normalized spacial score (nSPS) is 30.7. The number of benzene rings is 1. The summed E-state index contributed by atoms with van der Waals surface area (Å²) in [7, 11) is 0. The molecule has 1 aromatic rings. The first-order valence-electron chi connectivity index (χ1n) is 8.94. The molecule has 1 saturated heterocycles. The smallest absolute Gasteiger partial charge is 0.0238 e. The molecule has 2 heterocycles. The van der Waals surface area contributed by atoms with Crippen LogP contribution in [-0.4, -0.2) is 30.1 Å². The zero-order chi connectivity index (χ0) is 14.1. The third-order valence-electron chi connectivity index (χ3n) is 5.98. The second kappa shape index (κ2) is 6.10. The molecule has 3 aliphatic rings. The number of fused-ring (bicyclic) bond motifs is 1. The average Bonchev–Trinajstić information content (AvgIpc) is 3.18. The summed E-state index contributed by atoms with van der Waals surface area (Å²) < 4.78 is 0. The van der Waals surface area contributed by atoms with Gasteiger partial charge in [-0.1, -0.05) is 37.1 Å². The number of likely N-dealkylation sites (tertiary alicyclic amines) is 1. The molecule has 1 N–H and O–H groups in total. The minimum atomic E-state index is 0.655. The Morgan fingerprint density at radius 1 is 1.00 bits per heavy atom. The van der Waals surface area contributed by atoms with Crippen LogP contribution >= 0.6 is 0 Å². The van der Waals surface area contributed by atoms with Crippen molar-refractivity contribution in [2.75, 3.05) is 13.1 Å². The minimum Gasteiger partial charge on any atom is -0.308 e. The van der Waals surface area contributed by atoms with Gasteiger partial charge in [-0.05, 0) is 55.7 Å². The maximum atomic E-state index is 3.77. The van der Waals surface area contributed by atoms with E-state index in [-0.39, 0.29) is 0 Å². The lowest BCUT2D eigenvalue weighted by Crippen LogP contribution is -2.47. The van der Waals surface area contributed by atoms with Crippen molar-refractivity contribution in [3.05, 3.63) is 35.4 Å². The van der Waals surface area contributed by atoms with E-state index in [0.717, 1.165) is 18.5 Å². The average molecular weight is 284 g/mol. The molecular weight excluding hydrogens is 256 g/mol. The van der Waals surface area contributed by atoms with Crippen LogP contribution in [-0.2, 0) is 13.0 Å². The van der Waals surface area contributed by atoms with Crippen LogP contribution in [0.5, 0.6) is 0 Å². The molecular formula is C19H28N2. The fourth-order valence-electron chi connectivity index (χ4n) is 4.89. The molecule has 0 amide bonds. The second-order valence-electron chi connectivity index (χ2n) is 7.30.